The van der Waals surface area contributed by atoms with Gasteiger partial charge in [0.2, 0.25) is 0 Å². The summed E-state index contributed by atoms with van der Waals surface area (Å²) in [7, 11) is 0. The van der Waals surface area contributed by atoms with Crippen molar-refractivity contribution in [2.24, 2.45) is 0 Å². The van der Waals surface area contributed by atoms with E-state index in [1.807, 2.05) is 6.79 Å². The minimum Gasteiger partial charge on any atom is -0.508 e. The van der Waals surface area contributed by atoms with Crippen LogP contribution in [-0.2, 0) is 4.79 Å². The molecule has 30 heavy (non-hydrogen) atoms. The zero-order valence-corrected chi connectivity index (χ0v) is 15.8. The number of H-pyrrole nitrogens is 1. The van der Waals surface area contributed by atoms with Crippen LogP contribution in [0.25, 0.3) is 32.7 Å². The SMILES string of the molecule is C1=CCC=C1.C=O.O=C1NC(=O)c2c1c1cccnc1c1[nH]c3ccc(O)cc3c21. The third-order valence-electron chi connectivity index (χ3n) is 4.93. The molecule has 0 unspecified atom stereocenters. The molecule has 1 aliphatic heterocycles. The van der Waals surface area contributed by atoms with Gasteiger partial charge in [0, 0.05) is 27.9 Å². The molecule has 2 aromatic carbocycles. The number of benzene rings is 2. The zero-order valence-electron chi connectivity index (χ0n) is 15.8. The molecule has 6 rings (SSSR count). The maximum atomic E-state index is 12.3. The normalized spacial score (nSPS) is 13.7. The number of pyridine rings is 1. The number of rotatable bonds is 0. The molecule has 2 aliphatic rings. The number of fused-ring (bicyclic) bond motifs is 8. The van der Waals surface area contributed by atoms with Gasteiger partial charge in [-0.2, -0.15) is 0 Å². The van der Waals surface area contributed by atoms with Gasteiger partial charge in [0.05, 0.1) is 22.2 Å². The molecule has 7 heteroatoms. The summed E-state index contributed by atoms with van der Waals surface area (Å²) in [6.45, 7) is 2.00. The van der Waals surface area contributed by atoms with Crippen LogP contribution in [0.3, 0.4) is 0 Å². The van der Waals surface area contributed by atoms with E-state index < -0.39 is 11.8 Å². The standard InChI is InChI=1S/C17H9N3O3.C5H6.CH2O/c21-7-3-4-10-9(6-7)11-13-12(16(22)20-17(13)23)8-2-1-5-18-14(8)15(11)19-10;1-2-4-5-3-1;1-2/h1-6,19,21H,(H,20,22,23);1-4H,5H2;1H2. The molecule has 0 bridgehead atoms. The van der Waals surface area contributed by atoms with E-state index in [9.17, 15) is 14.7 Å². The largest absolute Gasteiger partial charge is 0.508 e. The fourth-order valence-corrected chi connectivity index (χ4v) is 3.77. The Morgan fingerprint density at radius 1 is 0.967 bits per heavy atom. The summed E-state index contributed by atoms with van der Waals surface area (Å²) >= 11 is 0. The number of aromatic hydroxyl groups is 1. The predicted molar refractivity (Wildman–Crippen MR) is 115 cm³/mol. The number of hydrogen-bond donors (Lipinski definition) is 3. The number of phenols is 1. The summed E-state index contributed by atoms with van der Waals surface area (Å²) in [5.41, 5.74) is 2.76. The van der Waals surface area contributed by atoms with Crippen LogP contribution in [0.1, 0.15) is 27.1 Å². The zero-order chi connectivity index (χ0) is 21.3. The van der Waals surface area contributed by atoms with Gasteiger partial charge in [-0.1, -0.05) is 30.4 Å². The van der Waals surface area contributed by atoms with Crippen molar-refractivity contribution in [3.05, 3.63) is 72.0 Å². The van der Waals surface area contributed by atoms with Gasteiger partial charge in [0.1, 0.15) is 12.5 Å². The Hall–Kier alpha value is -4.26. The number of phenolic OH excluding ortho intramolecular Hbond substituents is 1. The number of amides is 2. The number of hydrogen-bond acceptors (Lipinski definition) is 5. The van der Waals surface area contributed by atoms with Crippen molar-refractivity contribution >= 4 is 51.3 Å². The molecule has 0 saturated carbocycles. The summed E-state index contributed by atoms with van der Waals surface area (Å²) in [6, 6.07) is 8.40. The second-order valence-electron chi connectivity index (χ2n) is 6.63. The maximum absolute atomic E-state index is 12.3. The highest BCUT2D eigenvalue weighted by Crippen LogP contribution is 2.39. The summed E-state index contributed by atoms with van der Waals surface area (Å²) in [4.78, 5) is 40.2. The Balaban J connectivity index is 0.000000270. The van der Waals surface area contributed by atoms with Gasteiger partial charge in [0.15, 0.2) is 0 Å². The minimum atomic E-state index is -0.426. The van der Waals surface area contributed by atoms with Crippen molar-refractivity contribution < 1.29 is 19.5 Å². The van der Waals surface area contributed by atoms with Gasteiger partial charge in [-0.05, 0) is 30.7 Å². The predicted octanol–water partition coefficient (Wildman–Crippen LogP) is 3.78. The molecule has 0 saturated heterocycles. The lowest BCUT2D eigenvalue weighted by molar-refractivity contribution is -0.0980. The van der Waals surface area contributed by atoms with Crippen molar-refractivity contribution in [3.63, 3.8) is 0 Å². The van der Waals surface area contributed by atoms with Gasteiger partial charge in [-0.25, -0.2) is 0 Å². The molecule has 0 atom stereocenters. The lowest BCUT2D eigenvalue weighted by Gasteiger charge is -2.04. The number of allylic oxidation sites excluding steroid dienone is 4. The lowest BCUT2D eigenvalue weighted by Crippen LogP contribution is -2.20. The van der Waals surface area contributed by atoms with Crippen LogP contribution in [0.4, 0.5) is 0 Å². The molecule has 2 aromatic heterocycles. The highest BCUT2D eigenvalue weighted by Gasteiger charge is 2.33. The smallest absolute Gasteiger partial charge is 0.259 e. The van der Waals surface area contributed by atoms with Crippen molar-refractivity contribution in [1.29, 1.82) is 0 Å². The van der Waals surface area contributed by atoms with E-state index in [4.69, 9.17) is 4.79 Å². The van der Waals surface area contributed by atoms with Crippen LogP contribution in [0.5, 0.6) is 5.75 Å². The van der Waals surface area contributed by atoms with Crippen molar-refractivity contribution in [2.75, 3.05) is 0 Å². The molecule has 2 amide bonds. The number of carbonyl (C=O) groups is 3. The number of aromatic amines is 1. The first-order valence-electron chi connectivity index (χ1n) is 9.16. The lowest BCUT2D eigenvalue weighted by atomic mass is 9.97. The summed E-state index contributed by atoms with van der Waals surface area (Å²) in [5, 5.41) is 14.1. The first kappa shape index (κ1) is 19.1. The monoisotopic (exact) mass is 399 g/mol. The number of nitrogens with one attached hydrogen (secondary N) is 2. The molecule has 0 fully saturated rings. The third-order valence-corrected chi connectivity index (χ3v) is 4.93. The van der Waals surface area contributed by atoms with Gasteiger partial charge in [0.25, 0.3) is 11.8 Å². The van der Waals surface area contributed by atoms with Gasteiger partial charge in [-0.3, -0.25) is 19.9 Å². The highest BCUT2D eigenvalue weighted by atomic mass is 16.3. The number of aromatic nitrogens is 2. The maximum Gasteiger partial charge on any atom is 0.259 e. The molecule has 0 spiro atoms. The van der Waals surface area contributed by atoms with Gasteiger partial charge < -0.3 is 14.9 Å². The summed E-state index contributed by atoms with van der Waals surface area (Å²) in [5.74, 6) is -0.748. The Kier molecular flexibility index (Phi) is 4.85. The molecule has 3 N–H and O–H groups in total. The fraction of sp³-hybridized carbons (Fsp3) is 0.0435. The van der Waals surface area contributed by atoms with E-state index in [2.05, 4.69) is 39.6 Å². The topological polar surface area (TPSA) is 112 Å². The first-order valence-corrected chi connectivity index (χ1v) is 9.16. The number of imide groups is 1. The Labute approximate surface area is 170 Å². The third kappa shape index (κ3) is 2.93. The van der Waals surface area contributed by atoms with Crippen LogP contribution >= 0.6 is 0 Å². The van der Waals surface area contributed by atoms with E-state index >= 15 is 0 Å². The number of nitrogens with zero attached hydrogens (tertiary/aromatic N) is 1. The average molecular weight is 399 g/mol. The molecule has 7 nitrogen and oxygen atoms in total. The van der Waals surface area contributed by atoms with Crippen LogP contribution in [-0.4, -0.2) is 33.7 Å². The van der Waals surface area contributed by atoms with Crippen LogP contribution in [0.2, 0.25) is 0 Å². The van der Waals surface area contributed by atoms with E-state index in [0.29, 0.717) is 38.3 Å². The van der Waals surface area contributed by atoms with E-state index in [1.165, 1.54) is 0 Å². The Morgan fingerprint density at radius 3 is 2.40 bits per heavy atom. The molecular formula is C23H17N3O4. The van der Waals surface area contributed by atoms with Crippen LogP contribution in [0.15, 0.2) is 60.8 Å². The molecule has 148 valence electrons. The fourth-order valence-electron chi connectivity index (χ4n) is 3.77. The van der Waals surface area contributed by atoms with Crippen molar-refractivity contribution in [3.8, 4) is 5.75 Å². The average Bonchev–Trinajstić information content (AvgIpc) is 3.50. The van der Waals surface area contributed by atoms with Gasteiger partial charge in [-0.15, -0.1) is 0 Å². The molecular weight excluding hydrogens is 382 g/mol. The van der Waals surface area contributed by atoms with Gasteiger partial charge >= 0.3 is 0 Å². The summed E-state index contributed by atoms with van der Waals surface area (Å²) < 4.78 is 0. The molecule has 1 aliphatic carbocycles. The summed E-state index contributed by atoms with van der Waals surface area (Å²) in [6.07, 6.45) is 11.1. The second kappa shape index (κ2) is 7.63. The van der Waals surface area contributed by atoms with E-state index in [1.54, 1.807) is 36.5 Å². The Morgan fingerprint density at radius 2 is 1.70 bits per heavy atom. The quantitative estimate of drug-likeness (QED) is 0.390. The highest BCUT2D eigenvalue weighted by molar-refractivity contribution is 6.36. The van der Waals surface area contributed by atoms with Crippen molar-refractivity contribution in [1.82, 2.24) is 15.3 Å². The van der Waals surface area contributed by atoms with Crippen LogP contribution in [0, 0.1) is 0 Å². The Bertz CT molecular complexity index is 1370. The first-order chi connectivity index (χ1) is 14.6. The van der Waals surface area contributed by atoms with Crippen LogP contribution < -0.4 is 5.32 Å². The van der Waals surface area contributed by atoms with E-state index in [0.717, 1.165) is 11.9 Å². The molecule has 3 heterocycles. The van der Waals surface area contributed by atoms with Crippen molar-refractivity contribution in [2.45, 2.75) is 6.42 Å². The molecule has 0 radical (unpaired) electrons. The minimum absolute atomic E-state index is 0.0954. The second-order valence-corrected chi connectivity index (χ2v) is 6.63. The van der Waals surface area contributed by atoms with E-state index in [-0.39, 0.29) is 5.75 Å². The molecule has 4 aromatic rings. The number of carbonyl (C=O) groups excluding carboxylic acids is 3.